The van der Waals surface area contributed by atoms with E-state index in [2.05, 4.69) is 0 Å². The van der Waals surface area contributed by atoms with E-state index in [1.54, 1.807) is 0 Å². The van der Waals surface area contributed by atoms with Crippen LogP contribution >= 0.6 is 11.6 Å². The van der Waals surface area contributed by atoms with E-state index in [0.717, 1.165) is 17.5 Å². The summed E-state index contributed by atoms with van der Waals surface area (Å²) in [7, 11) is 0. The molecular formula is C13H17ClO2. The van der Waals surface area contributed by atoms with Gasteiger partial charge in [-0.1, -0.05) is 37.1 Å². The van der Waals surface area contributed by atoms with Gasteiger partial charge in [0, 0.05) is 5.02 Å². The number of aliphatic carboxylic acids is 1. The Morgan fingerprint density at radius 3 is 2.69 bits per heavy atom. The molecule has 0 aliphatic carbocycles. The minimum absolute atomic E-state index is 0.329. The van der Waals surface area contributed by atoms with Gasteiger partial charge < -0.3 is 5.11 Å². The molecule has 0 aliphatic rings. The topological polar surface area (TPSA) is 37.3 Å². The maximum absolute atomic E-state index is 11.0. The molecule has 0 amide bonds. The molecule has 2 nitrogen and oxygen atoms in total. The summed E-state index contributed by atoms with van der Waals surface area (Å²) in [6.45, 7) is 3.96. The zero-order valence-electron chi connectivity index (χ0n) is 9.66. The van der Waals surface area contributed by atoms with Crippen molar-refractivity contribution in [2.45, 2.75) is 33.1 Å². The number of rotatable bonds is 5. The summed E-state index contributed by atoms with van der Waals surface area (Å²) in [5.74, 6) is -1.07. The molecule has 3 heteroatoms. The van der Waals surface area contributed by atoms with E-state index in [-0.39, 0.29) is 5.92 Å². The maximum Gasteiger partial charge on any atom is 0.306 e. The third-order valence-electron chi connectivity index (χ3n) is 2.66. The van der Waals surface area contributed by atoms with Gasteiger partial charge in [-0.25, -0.2) is 0 Å². The fraction of sp³-hybridized carbons (Fsp3) is 0.462. The summed E-state index contributed by atoms with van der Waals surface area (Å²) in [5.41, 5.74) is 2.02. The summed E-state index contributed by atoms with van der Waals surface area (Å²) in [6, 6.07) is 5.76. The molecule has 1 aromatic rings. The number of halogens is 1. The highest BCUT2D eigenvalue weighted by Crippen LogP contribution is 2.22. The van der Waals surface area contributed by atoms with E-state index in [1.807, 2.05) is 32.0 Å². The average molecular weight is 241 g/mol. The second-order valence-electron chi connectivity index (χ2n) is 4.12. The van der Waals surface area contributed by atoms with Crippen molar-refractivity contribution in [3.63, 3.8) is 0 Å². The Bertz CT molecular complexity index is 374. The Kier molecular flexibility index (Phi) is 4.81. The fourth-order valence-corrected chi connectivity index (χ4v) is 2.06. The van der Waals surface area contributed by atoms with Gasteiger partial charge in [-0.3, -0.25) is 4.79 Å². The number of hydrogen-bond acceptors (Lipinski definition) is 1. The summed E-state index contributed by atoms with van der Waals surface area (Å²) in [4.78, 5) is 11.0. The Labute approximate surface area is 101 Å². The van der Waals surface area contributed by atoms with Crippen LogP contribution in [0.15, 0.2) is 18.2 Å². The first-order valence-electron chi connectivity index (χ1n) is 5.52. The van der Waals surface area contributed by atoms with Gasteiger partial charge in [-0.05, 0) is 37.0 Å². The molecule has 1 N–H and O–H groups in total. The highest BCUT2D eigenvalue weighted by molar-refractivity contribution is 6.31. The SMILES string of the molecule is CCCC(Cc1ccc(C)cc1Cl)C(=O)O. The molecule has 0 aromatic heterocycles. The van der Waals surface area contributed by atoms with Gasteiger partial charge in [-0.2, -0.15) is 0 Å². The third kappa shape index (κ3) is 3.53. The van der Waals surface area contributed by atoms with Gasteiger partial charge in [-0.15, -0.1) is 0 Å². The Morgan fingerprint density at radius 2 is 2.19 bits per heavy atom. The van der Waals surface area contributed by atoms with Crippen molar-refractivity contribution in [2.75, 3.05) is 0 Å². The van der Waals surface area contributed by atoms with Gasteiger partial charge in [0.25, 0.3) is 0 Å². The molecule has 1 rings (SSSR count). The quantitative estimate of drug-likeness (QED) is 0.852. The molecule has 1 atom stereocenters. The lowest BCUT2D eigenvalue weighted by atomic mass is 9.95. The van der Waals surface area contributed by atoms with Crippen LogP contribution in [0.4, 0.5) is 0 Å². The number of carboxylic acids is 1. The van der Waals surface area contributed by atoms with Gasteiger partial charge in [0.1, 0.15) is 0 Å². The molecule has 1 unspecified atom stereocenters. The van der Waals surface area contributed by atoms with Crippen LogP contribution in [0, 0.1) is 12.8 Å². The Morgan fingerprint density at radius 1 is 1.50 bits per heavy atom. The first-order chi connectivity index (χ1) is 7.54. The smallest absolute Gasteiger partial charge is 0.306 e. The molecule has 88 valence electrons. The van der Waals surface area contributed by atoms with Gasteiger partial charge >= 0.3 is 5.97 Å². The van der Waals surface area contributed by atoms with E-state index >= 15 is 0 Å². The fourth-order valence-electron chi connectivity index (χ4n) is 1.74. The van der Waals surface area contributed by atoms with Crippen molar-refractivity contribution in [3.8, 4) is 0 Å². The summed E-state index contributed by atoms with van der Waals surface area (Å²) in [6.07, 6.45) is 2.09. The van der Waals surface area contributed by atoms with Crippen molar-refractivity contribution in [1.29, 1.82) is 0 Å². The molecule has 1 aromatic carbocycles. The molecule has 0 heterocycles. The minimum Gasteiger partial charge on any atom is -0.481 e. The lowest BCUT2D eigenvalue weighted by Gasteiger charge is -2.12. The van der Waals surface area contributed by atoms with E-state index in [1.165, 1.54) is 0 Å². The second-order valence-corrected chi connectivity index (χ2v) is 4.53. The van der Waals surface area contributed by atoms with Crippen molar-refractivity contribution >= 4 is 17.6 Å². The number of benzene rings is 1. The van der Waals surface area contributed by atoms with Crippen LogP contribution in [0.5, 0.6) is 0 Å². The van der Waals surface area contributed by atoms with Gasteiger partial charge in [0.2, 0.25) is 0 Å². The highest BCUT2D eigenvalue weighted by atomic mass is 35.5. The first-order valence-corrected chi connectivity index (χ1v) is 5.90. The summed E-state index contributed by atoms with van der Waals surface area (Å²) >= 11 is 6.09. The molecule has 0 aliphatic heterocycles. The van der Waals surface area contributed by atoms with Gasteiger partial charge in [0.15, 0.2) is 0 Å². The largest absolute Gasteiger partial charge is 0.481 e. The van der Waals surface area contributed by atoms with Crippen molar-refractivity contribution in [1.82, 2.24) is 0 Å². The van der Waals surface area contributed by atoms with E-state index < -0.39 is 5.97 Å². The maximum atomic E-state index is 11.0. The first kappa shape index (κ1) is 13.0. The Balaban J connectivity index is 2.81. The minimum atomic E-state index is -0.738. The van der Waals surface area contributed by atoms with Crippen LogP contribution < -0.4 is 0 Å². The van der Waals surface area contributed by atoms with Crippen LogP contribution in [0.1, 0.15) is 30.9 Å². The monoisotopic (exact) mass is 240 g/mol. The lowest BCUT2D eigenvalue weighted by Crippen LogP contribution is -2.16. The Hall–Kier alpha value is -1.02. The van der Waals surface area contributed by atoms with Crippen molar-refractivity contribution in [2.24, 2.45) is 5.92 Å². The molecule has 0 bridgehead atoms. The van der Waals surface area contributed by atoms with E-state index in [4.69, 9.17) is 16.7 Å². The molecule has 0 saturated carbocycles. The number of aryl methyl sites for hydroxylation is 1. The standard InChI is InChI=1S/C13H17ClO2/c1-3-4-11(13(15)16)8-10-6-5-9(2)7-12(10)14/h5-7,11H,3-4,8H2,1-2H3,(H,15,16). The zero-order valence-corrected chi connectivity index (χ0v) is 10.4. The van der Waals surface area contributed by atoms with E-state index in [9.17, 15) is 4.79 Å². The predicted octanol–water partition coefficient (Wildman–Crippen LogP) is 3.69. The molecular weight excluding hydrogens is 224 g/mol. The molecule has 0 spiro atoms. The molecule has 16 heavy (non-hydrogen) atoms. The average Bonchev–Trinajstić information content (AvgIpc) is 2.20. The van der Waals surface area contributed by atoms with Crippen LogP contribution in [-0.2, 0) is 11.2 Å². The molecule has 0 fully saturated rings. The second kappa shape index (κ2) is 5.90. The molecule has 0 radical (unpaired) electrons. The highest BCUT2D eigenvalue weighted by Gasteiger charge is 2.18. The lowest BCUT2D eigenvalue weighted by molar-refractivity contribution is -0.141. The number of carbonyl (C=O) groups is 1. The van der Waals surface area contributed by atoms with Crippen LogP contribution in [-0.4, -0.2) is 11.1 Å². The third-order valence-corrected chi connectivity index (χ3v) is 3.01. The summed E-state index contributed by atoms with van der Waals surface area (Å²) in [5, 5.41) is 9.74. The molecule has 0 saturated heterocycles. The van der Waals surface area contributed by atoms with Crippen molar-refractivity contribution < 1.29 is 9.90 Å². The summed E-state index contributed by atoms with van der Waals surface area (Å²) < 4.78 is 0. The van der Waals surface area contributed by atoms with Crippen LogP contribution in [0.2, 0.25) is 5.02 Å². The predicted molar refractivity (Wildman–Crippen MR) is 65.9 cm³/mol. The van der Waals surface area contributed by atoms with Crippen LogP contribution in [0.3, 0.4) is 0 Å². The normalized spacial score (nSPS) is 12.4. The number of hydrogen-bond donors (Lipinski definition) is 1. The zero-order chi connectivity index (χ0) is 12.1. The van der Waals surface area contributed by atoms with Gasteiger partial charge in [0.05, 0.1) is 5.92 Å². The van der Waals surface area contributed by atoms with Crippen molar-refractivity contribution in [3.05, 3.63) is 34.3 Å². The number of carboxylic acid groups (broad SMARTS) is 1. The van der Waals surface area contributed by atoms with Crippen LogP contribution in [0.25, 0.3) is 0 Å². The van der Waals surface area contributed by atoms with E-state index in [0.29, 0.717) is 17.9 Å².